The Morgan fingerprint density at radius 2 is 2.00 bits per heavy atom. The van der Waals surface area contributed by atoms with E-state index in [1.54, 1.807) is 37.4 Å². The summed E-state index contributed by atoms with van der Waals surface area (Å²) in [6.07, 6.45) is 0. The molecule has 2 aromatic rings. The fourth-order valence-corrected chi connectivity index (χ4v) is 2.18. The first-order valence-corrected chi connectivity index (χ1v) is 7.61. The van der Waals surface area contributed by atoms with Crippen molar-refractivity contribution >= 4 is 17.3 Å². The molecule has 0 atom stereocenters. The molecule has 0 saturated heterocycles. The number of nitrogens with one attached hydrogen (secondary N) is 2. The molecule has 25 heavy (non-hydrogen) atoms. The maximum absolute atomic E-state index is 12.3. The standard InChI is InChI=1S/C17H19N3O5/c1-3-25-11-13-10-12(8-9-16(13)24-2)17(21)19-18-14-6-4-5-7-15(14)20(22)23/h4-10,18H,3,11H2,1-2H3,(H,19,21). The first-order valence-electron chi connectivity index (χ1n) is 7.61. The molecule has 8 nitrogen and oxygen atoms in total. The maximum atomic E-state index is 12.3. The van der Waals surface area contributed by atoms with Gasteiger partial charge in [0, 0.05) is 23.8 Å². The molecule has 0 saturated carbocycles. The molecule has 0 unspecified atom stereocenters. The third kappa shape index (κ3) is 4.67. The molecule has 0 bridgehead atoms. The van der Waals surface area contributed by atoms with Crippen molar-refractivity contribution in [3.05, 3.63) is 63.7 Å². The zero-order chi connectivity index (χ0) is 18.2. The van der Waals surface area contributed by atoms with Crippen LogP contribution in [0.2, 0.25) is 0 Å². The molecule has 0 aliphatic heterocycles. The number of benzene rings is 2. The summed E-state index contributed by atoms with van der Waals surface area (Å²) >= 11 is 0. The zero-order valence-electron chi connectivity index (χ0n) is 13.9. The van der Waals surface area contributed by atoms with Crippen molar-refractivity contribution in [3.8, 4) is 5.75 Å². The lowest BCUT2D eigenvalue weighted by atomic mass is 10.1. The summed E-state index contributed by atoms with van der Waals surface area (Å²) in [5, 5.41) is 11.0. The number of hydrazine groups is 1. The topological polar surface area (TPSA) is 103 Å². The van der Waals surface area contributed by atoms with E-state index >= 15 is 0 Å². The Balaban J connectivity index is 2.12. The Bertz CT molecular complexity index is 764. The number of rotatable bonds is 8. The number of carbonyl (C=O) groups excluding carboxylic acids is 1. The van der Waals surface area contributed by atoms with Crippen molar-refractivity contribution in [1.82, 2.24) is 5.43 Å². The largest absolute Gasteiger partial charge is 0.496 e. The Labute approximate surface area is 144 Å². The highest BCUT2D eigenvalue weighted by Crippen LogP contribution is 2.23. The average molecular weight is 345 g/mol. The van der Waals surface area contributed by atoms with Crippen LogP contribution >= 0.6 is 0 Å². The number of para-hydroxylation sites is 2. The monoisotopic (exact) mass is 345 g/mol. The molecule has 0 fully saturated rings. The van der Waals surface area contributed by atoms with Crippen molar-refractivity contribution in [2.75, 3.05) is 19.1 Å². The summed E-state index contributed by atoms with van der Waals surface area (Å²) < 4.78 is 10.6. The summed E-state index contributed by atoms with van der Waals surface area (Å²) in [4.78, 5) is 22.8. The Kier molecular flexibility index (Phi) is 6.30. The van der Waals surface area contributed by atoms with Gasteiger partial charge < -0.3 is 9.47 Å². The number of anilines is 1. The molecular weight excluding hydrogens is 326 g/mol. The van der Waals surface area contributed by atoms with Gasteiger partial charge in [0.25, 0.3) is 11.6 Å². The predicted molar refractivity (Wildman–Crippen MR) is 92.5 cm³/mol. The quantitative estimate of drug-likeness (QED) is 0.563. The normalized spacial score (nSPS) is 10.2. The van der Waals surface area contributed by atoms with E-state index in [2.05, 4.69) is 10.9 Å². The Morgan fingerprint density at radius 3 is 2.68 bits per heavy atom. The second-order valence-electron chi connectivity index (χ2n) is 5.02. The zero-order valence-corrected chi connectivity index (χ0v) is 13.9. The summed E-state index contributed by atoms with van der Waals surface area (Å²) in [6.45, 7) is 2.73. The van der Waals surface area contributed by atoms with Crippen LogP contribution in [0.25, 0.3) is 0 Å². The van der Waals surface area contributed by atoms with Gasteiger partial charge in [-0.05, 0) is 31.2 Å². The van der Waals surface area contributed by atoms with Gasteiger partial charge >= 0.3 is 0 Å². The number of nitro benzene ring substituents is 1. The lowest BCUT2D eigenvalue weighted by Crippen LogP contribution is -2.29. The molecule has 8 heteroatoms. The average Bonchev–Trinajstić information content (AvgIpc) is 2.64. The predicted octanol–water partition coefficient (Wildman–Crippen LogP) is 2.90. The summed E-state index contributed by atoms with van der Waals surface area (Å²) in [7, 11) is 1.54. The number of hydrogen-bond acceptors (Lipinski definition) is 6. The number of amides is 1. The van der Waals surface area contributed by atoms with Crippen molar-refractivity contribution < 1.29 is 19.2 Å². The number of hydrogen-bond donors (Lipinski definition) is 2. The van der Waals surface area contributed by atoms with E-state index in [9.17, 15) is 14.9 Å². The Hall–Kier alpha value is -3.13. The highest BCUT2D eigenvalue weighted by atomic mass is 16.6. The molecule has 0 radical (unpaired) electrons. The molecule has 2 N–H and O–H groups in total. The van der Waals surface area contributed by atoms with E-state index < -0.39 is 10.8 Å². The molecule has 0 spiro atoms. The second-order valence-corrected chi connectivity index (χ2v) is 5.02. The summed E-state index contributed by atoms with van der Waals surface area (Å²) in [6, 6.07) is 11.0. The van der Waals surface area contributed by atoms with Crippen LogP contribution in [0.4, 0.5) is 11.4 Å². The van der Waals surface area contributed by atoms with Gasteiger partial charge in [-0.2, -0.15) is 0 Å². The third-order valence-electron chi connectivity index (χ3n) is 3.42. The summed E-state index contributed by atoms with van der Waals surface area (Å²) in [5.41, 5.74) is 6.22. The number of nitro groups is 1. The highest BCUT2D eigenvalue weighted by Gasteiger charge is 2.14. The van der Waals surface area contributed by atoms with Gasteiger partial charge in [-0.15, -0.1) is 0 Å². The van der Waals surface area contributed by atoms with Crippen LogP contribution < -0.4 is 15.6 Å². The molecule has 132 valence electrons. The number of carbonyl (C=O) groups is 1. The lowest BCUT2D eigenvalue weighted by Gasteiger charge is -2.12. The third-order valence-corrected chi connectivity index (χ3v) is 3.42. The first kappa shape index (κ1) is 18.2. The van der Waals surface area contributed by atoms with Crippen LogP contribution in [0.3, 0.4) is 0 Å². The molecule has 2 aromatic carbocycles. The molecule has 0 aliphatic rings. The minimum absolute atomic E-state index is 0.130. The van der Waals surface area contributed by atoms with Gasteiger partial charge in [0.15, 0.2) is 0 Å². The molecule has 0 aliphatic carbocycles. The lowest BCUT2D eigenvalue weighted by molar-refractivity contribution is -0.384. The van der Waals surface area contributed by atoms with Crippen molar-refractivity contribution in [2.45, 2.75) is 13.5 Å². The maximum Gasteiger partial charge on any atom is 0.294 e. The minimum Gasteiger partial charge on any atom is -0.496 e. The van der Waals surface area contributed by atoms with Crippen LogP contribution in [-0.2, 0) is 11.3 Å². The Morgan fingerprint density at radius 1 is 1.24 bits per heavy atom. The number of ether oxygens (including phenoxy) is 2. The van der Waals surface area contributed by atoms with Gasteiger partial charge in [0.05, 0.1) is 18.6 Å². The molecule has 0 aromatic heterocycles. The van der Waals surface area contributed by atoms with Crippen molar-refractivity contribution in [2.24, 2.45) is 0 Å². The van der Waals surface area contributed by atoms with Crippen LogP contribution in [0.5, 0.6) is 5.75 Å². The van der Waals surface area contributed by atoms with Gasteiger partial charge in [-0.3, -0.25) is 25.8 Å². The van der Waals surface area contributed by atoms with E-state index in [0.717, 1.165) is 5.56 Å². The number of methoxy groups -OCH3 is 1. The van der Waals surface area contributed by atoms with Gasteiger partial charge in [0.2, 0.25) is 0 Å². The smallest absolute Gasteiger partial charge is 0.294 e. The molecular formula is C17H19N3O5. The highest BCUT2D eigenvalue weighted by molar-refractivity contribution is 5.95. The van der Waals surface area contributed by atoms with Gasteiger partial charge in [-0.25, -0.2) is 0 Å². The van der Waals surface area contributed by atoms with Crippen LogP contribution in [-0.4, -0.2) is 24.5 Å². The van der Waals surface area contributed by atoms with Crippen LogP contribution in [0.1, 0.15) is 22.8 Å². The van der Waals surface area contributed by atoms with E-state index in [-0.39, 0.29) is 11.4 Å². The van der Waals surface area contributed by atoms with Crippen molar-refractivity contribution in [1.29, 1.82) is 0 Å². The van der Waals surface area contributed by atoms with Gasteiger partial charge in [-0.1, -0.05) is 12.1 Å². The van der Waals surface area contributed by atoms with Crippen LogP contribution in [0.15, 0.2) is 42.5 Å². The molecule has 1 amide bonds. The minimum atomic E-state index is -0.526. The summed E-state index contributed by atoms with van der Waals surface area (Å²) in [5.74, 6) is 0.190. The molecule has 2 rings (SSSR count). The molecule has 0 heterocycles. The van der Waals surface area contributed by atoms with E-state index in [0.29, 0.717) is 24.5 Å². The van der Waals surface area contributed by atoms with E-state index in [1.807, 2.05) is 6.92 Å². The van der Waals surface area contributed by atoms with E-state index in [1.165, 1.54) is 12.1 Å². The van der Waals surface area contributed by atoms with Gasteiger partial charge in [0.1, 0.15) is 11.4 Å². The second kappa shape index (κ2) is 8.65. The number of nitrogens with zero attached hydrogens (tertiary/aromatic N) is 1. The van der Waals surface area contributed by atoms with Crippen LogP contribution in [0, 0.1) is 10.1 Å². The fourth-order valence-electron chi connectivity index (χ4n) is 2.18. The van der Waals surface area contributed by atoms with Crippen molar-refractivity contribution in [3.63, 3.8) is 0 Å². The first-order chi connectivity index (χ1) is 12.1. The van der Waals surface area contributed by atoms with E-state index in [4.69, 9.17) is 9.47 Å². The fraction of sp³-hybridized carbons (Fsp3) is 0.235. The SMILES string of the molecule is CCOCc1cc(C(=O)NNc2ccccc2[N+](=O)[O-])ccc1OC.